The molecule has 0 atom stereocenters. The number of hydrogen-bond donors (Lipinski definition) is 0. The Balaban J connectivity index is 1.82. The molecule has 6 nitrogen and oxygen atoms in total. The molecule has 0 bridgehead atoms. The second kappa shape index (κ2) is 9.02. The summed E-state index contributed by atoms with van der Waals surface area (Å²) < 4.78 is 50.9. The summed E-state index contributed by atoms with van der Waals surface area (Å²) in [6.45, 7) is 6.48. The number of alkyl halides is 3. The van der Waals surface area contributed by atoms with Gasteiger partial charge in [-0.1, -0.05) is 19.6 Å². The number of ether oxygens (including phenoxy) is 2. The summed E-state index contributed by atoms with van der Waals surface area (Å²) in [5, 5.41) is 0. The van der Waals surface area contributed by atoms with Gasteiger partial charge >= 0.3 is 6.18 Å². The summed E-state index contributed by atoms with van der Waals surface area (Å²) >= 11 is 3.49. The minimum absolute atomic E-state index is 0.167. The number of nitrogens with zero attached hydrogens (tertiary/aromatic N) is 4. The van der Waals surface area contributed by atoms with Gasteiger partial charge in [0.05, 0.1) is 21.7 Å². The fourth-order valence-corrected chi connectivity index (χ4v) is 3.93. The molecule has 0 saturated heterocycles. The van der Waals surface area contributed by atoms with Crippen molar-refractivity contribution in [2.75, 3.05) is 13.2 Å². The maximum absolute atomic E-state index is 12.5. The molecule has 0 aliphatic rings. The molecule has 0 saturated carbocycles. The van der Waals surface area contributed by atoms with E-state index in [9.17, 15) is 13.2 Å². The van der Waals surface area contributed by atoms with Crippen molar-refractivity contribution < 1.29 is 22.6 Å². The smallest absolute Gasteiger partial charge is 0.422 e. The monoisotopic (exact) mass is 502 g/mol. The normalized spacial score (nSPS) is 12.5. The summed E-state index contributed by atoms with van der Waals surface area (Å²) in [4.78, 5) is 12.7. The maximum Gasteiger partial charge on any atom is 0.422 e. The van der Waals surface area contributed by atoms with E-state index < -0.39 is 20.9 Å². The van der Waals surface area contributed by atoms with Crippen molar-refractivity contribution in [1.82, 2.24) is 19.5 Å². The summed E-state index contributed by atoms with van der Waals surface area (Å²) in [7, 11) is -1.17. The van der Waals surface area contributed by atoms with E-state index in [1.165, 1.54) is 6.20 Å². The van der Waals surface area contributed by atoms with E-state index in [-0.39, 0.29) is 17.3 Å². The molecule has 3 aromatic heterocycles. The van der Waals surface area contributed by atoms with Crippen molar-refractivity contribution in [3.05, 3.63) is 35.2 Å². The second-order valence-corrected chi connectivity index (χ2v) is 14.5. The van der Waals surface area contributed by atoms with Crippen molar-refractivity contribution in [2.45, 2.75) is 38.6 Å². The zero-order valence-electron chi connectivity index (χ0n) is 16.8. The van der Waals surface area contributed by atoms with E-state index in [0.29, 0.717) is 18.9 Å². The van der Waals surface area contributed by atoms with Gasteiger partial charge in [0.1, 0.15) is 12.2 Å². The quantitative estimate of drug-likeness (QED) is 0.300. The molecule has 0 N–H and O–H groups in total. The van der Waals surface area contributed by atoms with Crippen LogP contribution >= 0.6 is 15.9 Å². The molecule has 11 heteroatoms. The SMILES string of the molecule is C[Si](C)(C)CCOCn1cc(Br)c2nc(-c3cccnc3OCC(F)(F)F)ncc21. The first-order valence-corrected chi connectivity index (χ1v) is 13.8. The van der Waals surface area contributed by atoms with Crippen molar-refractivity contribution in [3.8, 4) is 17.3 Å². The van der Waals surface area contributed by atoms with Gasteiger partial charge in [-0.2, -0.15) is 13.2 Å². The van der Waals surface area contributed by atoms with Gasteiger partial charge in [-0.05, 0) is 34.1 Å². The molecule has 0 aromatic carbocycles. The average Bonchev–Trinajstić information content (AvgIpc) is 2.98. The molecule has 0 aliphatic carbocycles. The van der Waals surface area contributed by atoms with E-state index in [4.69, 9.17) is 9.47 Å². The van der Waals surface area contributed by atoms with Gasteiger partial charge in [-0.25, -0.2) is 15.0 Å². The highest BCUT2D eigenvalue weighted by atomic mass is 79.9. The van der Waals surface area contributed by atoms with Crippen LogP contribution in [0.5, 0.6) is 5.88 Å². The van der Waals surface area contributed by atoms with Crippen LogP contribution in [0.2, 0.25) is 25.7 Å². The molecule has 0 radical (unpaired) electrons. The number of rotatable bonds is 8. The van der Waals surface area contributed by atoms with Gasteiger partial charge in [0.15, 0.2) is 12.4 Å². The molecule has 0 amide bonds. The van der Waals surface area contributed by atoms with Crippen molar-refractivity contribution in [3.63, 3.8) is 0 Å². The van der Waals surface area contributed by atoms with Crippen molar-refractivity contribution >= 4 is 35.0 Å². The minimum Gasteiger partial charge on any atom is -0.467 e. The van der Waals surface area contributed by atoms with Crippen molar-refractivity contribution in [1.29, 1.82) is 0 Å². The fraction of sp³-hybridized carbons (Fsp3) is 0.421. The van der Waals surface area contributed by atoms with Gasteiger partial charge < -0.3 is 14.0 Å². The Morgan fingerprint density at radius 2 is 1.97 bits per heavy atom. The lowest BCUT2D eigenvalue weighted by Crippen LogP contribution is -2.21. The Morgan fingerprint density at radius 1 is 1.20 bits per heavy atom. The van der Waals surface area contributed by atoms with Crippen LogP contribution in [-0.4, -0.2) is 47.0 Å². The summed E-state index contributed by atoms with van der Waals surface area (Å²) in [6, 6.07) is 4.23. The molecule has 3 aromatic rings. The van der Waals surface area contributed by atoms with Crippen LogP contribution in [0.15, 0.2) is 35.2 Å². The molecule has 0 spiro atoms. The van der Waals surface area contributed by atoms with Crippen LogP contribution in [0.25, 0.3) is 22.4 Å². The van der Waals surface area contributed by atoms with Gasteiger partial charge in [0.25, 0.3) is 0 Å². The molecule has 3 rings (SSSR count). The minimum atomic E-state index is -4.46. The van der Waals surface area contributed by atoms with E-state index >= 15 is 0 Å². The highest BCUT2D eigenvalue weighted by Crippen LogP contribution is 2.30. The molecule has 0 fully saturated rings. The van der Waals surface area contributed by atoms with E-state index in [1.54, 1.807) is 18.3 Å². The van der Waals surface area contributed by atoms with Gasteiger partial charge in [-0.3, -0.25) is 0 Å². The second-order valence-electron chi connectivity index (χ2n) is 7.98. The Morgan fingerprint density at radius 3 is 2.67 bits per heavy atom. The first kappa shape index (κ1) is 22.7. The van der Waals surface area contributed by atoms with E-state index in [2.05, 4.69) is 50.5 Å². The standard InChI is InChI=1S/C19H22BrF3N4O2Si/c1-30(2,3)8-7-28-12-27-10-14(20)16-15(27)9-25-17(26-16)13-5-4-6-24-18(13)29-11-19(21,22)23/h4-6,9-10H,7-8,11-12H2,1-3H3. The largest absolute Gasteiger partial charge is 0.467 e. The Hall–Kier alpha value is -1.98. The number of fused-ring (bicyclic) bond motifs is 1. The molecule has 0 unspecified atom stereocenters. The molecule has 3 heterocycles. The third-order valence-electron chi connectivity index (χ3n) is 4.19. The third kappa shape index (κ3) is 6.02. The first-order valence-electron chi connectivity index (χ1n) is 9.27. The zero-order valence-corrected chi connectivity index (χ0v) is 19.4. The Labute approximate surface area is 181 Å². The van der Waals surface area contributed by atoms with Crippen LogP contribution in [0.4, 0.5) is 13.2 Å². The van der Waals surface area contributed by atoms with Crippen LogP contribution in [0, 0.1) is 0 Å². The van der Waals surface area contributed by atoms with Gasteiger partial charge in [-0.15, -0.1) is 0 Å². The predicted octanol–water partition coefficient (Wildman–Crippen LogP) is 5.51. The fourth-order valence-electron chi connectivity index (χ4n) is 2.63. The topological polar surface area (TPSA) is 62.1 Å². The first-order chi connectivity index (χ1) is 14.0. The zero-order chi connectivity index (χ0) is 21.9. The highest BCUT2D eigenvalue weighted by Gasteiger charge is 2.29. The van der Waals surface area contributed by atoms with Crippen LogP contribution in [0.1, 0.15) is 0 Å². The average molecular weight is 503 g/mol. The van der Waals surface area contributed by atoms with Crippen LogP contribution in [-0.2, 0) is 11.5 Å². The molecular weight excluding hydrogens is 481 g/mol. The predicted molar refractivity (Wildman–Crippen MR) is 114 cm³/mol. The highest BCUT2D eigenvalue weighted by molar-refractivity contribution is 9.10. The van der Waals surface area contributed by atoms with Crippen LogP contribution < -0.4 is 4.74 Å². The summed E-state index contributed by atoms with van der Waals surface area (Å²) in [5.41, 5.74) is 1.66. The number of aromatic nitrogens is 4. The van der Waals surface area contributed by atoms with Crippen LogP contribution in [0.3, 0.4) is 0 Å². The lowest BCUT2D eigenvalue weighted by Gasteiger charge is -2.15. The maximum atomic E-state index is 12.5. The molecular formula is C19H22BrF3N4O2Si. The number of hydrogen-bond acceptors (Lipinski definition) is 5. The van der Waals surface area contributed by atoms with E-state index in [0.717, 1.165) is 16.0 Å². The molecule has 162 valence electrons. The summed E-state index contributed by atoms with van der Waals surface area (Å²) in [5.74, 6) is 0.0604. The molecule has 0 aliphatic heterocycles. The Bertz CT molecular complexity index is 1020. The van der Waals surface area contributed by atoms with Gasteiger partial charge in [0, 0.05) is 27.1 Å². The van der Waals surface area contributed by atoms with Gasteiger partial charge in [0.2, 0.25) is 5.88 Å². The third-order valence-corrected chi connectivity index (χ3v) is 6.47. The van der Waals surface area contributed by atoms with E-state index in [1.807, 2.05) is 10.8 Å². The summed E-state index contributed by atoms with van der Waals surface area (Å²) in [6.07, 6.45) is 0.361. The van der Waals surface area contributed by atoms with Crippen molar-refractivity contribution in [2.24, 2.45) is 0 Å². The lowest BCUT2D eigenvalue weighted by atomic mass is 10.2. The lowest BCUT2D eigenvalue weighted by molar-refractivity contribution is -0.154. The molecule has 30 heavy (non-hydrogen) atoms. The number of pyridine rings is 1. The number of halogens is 4. The Kier molecular flexibility index (Phi) is 6.83.